The Kier molecular flexibility index (Phi) is 5.04. The third kappa shape index (κ3) is 3.70. The lowest BCUT2D eigenvalue weighted by molar-refractivity contribution is -0.111. The van der Waals surface area contributed by atoms with Crippen molar-refractivity contribution in [2.45, 2.75) is 0 Å². The number of hydrogen-bond acceptors (Lipinski definition) is 4. The van der Waals surface area contributed by atoms with Crippen LogP contribution in [0.5, 0.6) is 5.75 Å². The number of amides is 1. The average Bonchev–Trinajstić information content (AvgIpc) is 2.94. The van der Waals surface area contributed by atoms with Crippen LogP contribution in [0.3, 0.4) is 0 Å². The van der Waals surface area contributed by atoms with Crippen LogP contribution in [-0.2, 0) is 4.79 Å². The van der Waals surface area contributed by atoms with Crippen molar-refractivity contribution in [3.63, 3.8) is 0 Å². The molecule has 0 aliphatic heterocycles. The molecule has 3 rings (SSSR count). The Morgan fingerprint density at radius 1 is 1.29 bits per heavy atom. The summed E-state index contributed by atoms with van der Waals surface area (Å²) in [5, 5.41) is 4.14. The summed E-state index contributed by atoms with van der Waals surface area (Å²) < 4.78 is 6.25. The third-order valence-corrected chi connectivity index (χ3v) is 4.63. The third-order valence-electron chi connectivity index (χ3n) is 3.18. The van der Waals surface area contributed by atoms with E-state index in [2.05, 4.69) is 10.3 Å². The van der Waals surface area contributed by atoms with E-state index >= 15 is 0 Å². The van der Waals surface area contributed by atoms with Crippen LogP contribution in [0.15, 0.2) is 42.5 Å². The summed E-state index contributed by atoms with van der Waals surface area (Å²) in [6.45, 7) is 0. The number of halogens is 2. The van der Waals surface area contributed by atoms with E-state index in [0.717, 1.165) is 10.2 Å². The van der Waals surface area contributed by atoms with Crippen LogP contribution in [0.1, 0.15) is 5.56 Å². The molecule has 4 nitrogen and oxygen atoms in total. The van der Waals surface area contributed by atoms with Crippen LogP contribution < -0.4 is 10.1 Å². The Morgan fingerprint density at radius 2 is 2.08 bits per heavy atom. The molecule has 1 N–H and O–H groups in total. The first-order valence-electron chi connectivity index (χ1n) is 6.94. The minimum absolute atomic E-state index is 0.299. The summed E-state index contributed by atoms with van der Waals surface area (Å²) in [5.41, 5.74) is 1.47. The molecule has 7 heteroatoms. The number of thiazole rings is 1. The van der Waals surface area contributed by atoms with Gasteiger partial charge in [-0.05, 0) is 30.3 Å². The smallest absolute Gasteiger partial charge is 0.250 e. The second kappa shape index (κ2) is 7.21. The number of carbonyl (C=O) groups excluding carboxylic acids is 1. The van der Waals surface area contributed by atoms with Crippen molar-refractivity contribution in [1.82, 2.24) is 4.98 Å². The Balaban J connectivity index is 1.78. The van der Waals surface area contributed by atoms with E-state index in [0.29, 0.717) is 26.5 Å². The van der Waals surface area contributed by atoms with Crippen LogP contribution in [0.4, 0.5) is 5.13 Å². The summed E-state index contributed by atoms with van der Waals surface area (Å²) in [5.74, 6) is 0.164. The first-order chi connectivity index (χ1) is 11.6. The second-order valence-electron chi connectivity index (χ2n) is 4.82. The number of hydrogen-bond donors (Lipinski definition) is 1. The molecule has 0 fully saturated rings. The number of anilines is 1. The van der Waals surface area contributed by atoms with Crippen molar-refractivity contribution in [3.8, 4) is 5.75 Å². The van der Waals surface area contributed by atoms with Crippen LogP contribution in [-0.4, -0.2) is 18.0 Å². The van der Waals surface area contributed by atoms with Crippen molar-refractivity contribution in [3.05, 3.63) is 58.1 Å². The maximum atomic E-state index is 12.1. The predicted octanol–water partition coefficient (Wildman–Crippen LogP) is 5.26. The summed E-state index contributed by atoms with van der Waals surface area (Å²) in [6, 6.07) is 11.0. The van der Waals surface area contributed by atoms with Gasteiger partial charge in [0.05, 0.1) is 22.3 Å². The molecule has 0 spiro atoms. The van der Waals surface area contributed by atoms with Crippen molar-refractivity contribution >= 4 is 61.9 Å². The maximum absolute atomic E-state index is 12.1. The Hall–Kier alpha value is -2.08. The van der Waals surface area contributed by atoms with Crippen LogP contribution in [0.2, 0.25) is 10.0 Å². The van der Waals surface area contributed by atoms with E-state index in [9.17, 15) is 4.79 Å². The molecule has 0 aliphatic rings. The standard InChI is InChI=1S/C17H12Cl2N2O2S/c1-23-16-10(8-11(18)9-12(16)19)6-7-15(22)21-17-20-13-4-2-3-5-14(13)24-17/h2-9H,1H3,(H,20,21,22). The summed E-state index contributed by atoms with van der Waals surface area (Å²) in [7, 11) is 1.51. The Bertz CT molecular complexity index is 904. The summed E-state index contributed by atoms with van der Waals surface area (Å²) in [6.07, 6.45) is 2.98. The summed E-state index contributed by atoms with van der Waals surface area (Å²) in [4.78, 5) is 16.4. The van der Waals surface area contributed by atoms with E-state index in [-0.39, 0.29) is 5.91 Å². The van der Waals surface area contributed by atoms with Crippen LogP contribution in [0, 0.1) is 0 Å². The van der Waals surface area contributed by atoms with E-state index in [4.69, 9.17) is 27.9 Å². The number of rotatable bonds is 4. The van der Waals surface area contributed by atoms with Crippen LogP contribution in [0.25, 0.3) is 16.3 Å². The minimum Gasteiger partial charge on any atom is -0.495 e. The monoisotopic (exact) mass is 378 g/mol. The highest BCUT2D eigenvalue weighted by molar-refractivity contribution is 7.22. The highest BCUT2D eigenvalue weighted by Crippen LogP contribution is 2.33. The molecule has 0 atom stereocenters. The number of aromatic nitrogens is 1. The van der Waals surface area contributed by atoms with Gasteiger partial charge in [0.15, 0.2) is 5.13 Å². The first-order valence-corrected chi connectivity index (χ1v) is 8.52. The van der Waals surface area contributed by atoms with Gasteiger partial charge in [-0.2, -0.15) is 0 Å². The quantitative estimate of drug-likeness (QED) is 0.629. The van der Waals surface area contributed by atoms with Crippen molar-refractivity contribution in [1.29, 1.82) is 0 Å². The molecule has 0 bridgehead atoms. The number of carbonyl (C=O) groups is 1. The molecular weight excluding hydrogens is 367 g/mol. The molecule has 0 saturated carbocycles. The topological polar surface area (TPSA) is 51.2 Å². The molecule has 0 aliphatic carbocycles. The molecule has 0 unspecified atom stereocenters. The Labute approximate surface area is 152 Å². The van der Waals surface area contributed by atoms with Gasteiger partial charge in [-0.15, -0.1) is 0 Å². The van der Waals surface area contributed by atoms with Gasteiger partial charge in [0.1, 0.15) is 5.75 Å². The van der Waals surface area contributed by atoms with Crippen molar-refractivity contribution in [2.75, 3.05) is 12.4 Å². The zero-order valence-corrected chi connectivity index (χ0v) is 14.9. The summed E-state index contributed by atoms with van der Waals surface area (Å²) >= 11 is 13.5. The van der Waals surface area contributed by atoms with Crippen molar-refractivity contribution < 1.29 is 9.53 Å². The van der Waals surface area contributed by atoms with E-state index in [1.807, 2.05) is 24.3 Å². The van der Waals surface area contributed by atoms with Gasteiger partial charge in [0.2, 0.25) is 5.91 Å². The highest BCUT2D eigenvalue weighted by Gasteiger charge is 2.09. The van der Waals surface area contributed by atoms with Gasteiger partial charge in [-0.1, -0.05) is 46.7 Å². The number of nitrogens with one attached hydrogen (secondary N) is 1. The SMILES string of the molecule is COc1c(Cl)cc(Cl)cc1C=CC(=O)Nc1nc2ccccc2s1. The molecule has 3 aromatic rings. The van der Waals surface area contributed by atoms with E-state index in [1.165, 1.54) is 24.5 Å². The van der Waals surface area contributed by atoms with Gasteiger partial charge in [-0.25, -0.2) is 4.98 Å². The zero-order valence-electron chi connectivity index (χ0n) is 12.5. The number of para-hydroxylation sites is 1. The van der Waals surface area contributed by atoms with E-state index in [1.54, 1.807) is 18.2 Å². The molecule has 1 heterocycles. The maximum Gasteiger partial charge on any atom is 0.250 e. The predicted molar refractivity (Wildman–Crippen MR) is 100 cm³/mol. The average molecular weight is 379 g/mol. The van der Waals surface area contributed by atoms with Gasteiger partial charge in [-0.3, -0.25) is 10.1 Å². The zero-order chi connectivity index (χ0) is 17.1. The molecule has 0 radical (unpaired) electrons. The highest BCUT2D eigenvalue weighted by atomic mass is 35.5. The largest absolute Gasteiger partial charge is 0.495 e. The molecule has 2 aromatic carbocycles. The normalized spacial score (nSPS) is 11.1. The fraction of sp³-hybridized carbons (Fsp3) is 0.0588. The van der Waals surface area contributed by atoms with Gasteiger partial charge in [0, 0.05) is 16.7 Å². The minimum atomic E-state index is -0.299. The van der Waals surface area contributed by atoms with E-state index < -0.39 is 0 Å². The lowest BCUT2D eigenvalue weighted by atomic mass is 10.2. The number of fused-ring (bicyclic) bond motifs is 1. The fourth-order valence-electron chi connectivity index (χ4n) is 2.16. The van der Waals surface area contributed by atoms with Crippen molar-refractivity contribution in [2.24, 2.45) is 0 Å². The Morgan fingerprint density at radius 3 is 2.83 bits per heavy atom. The number of nitrogens with zero attached hydrogens (tertiary/aromatic N) is 1. The van der Waals surface area contributed by atoms with Gasteiger partial charge < -0.3 is 4.74 Å². The van der Waals surface area contributed by atoms with Crippen LogP contribution >= 0.6 is 34.5 Å². The molecule has 0 saturated heterocycles. The molecule has 1 amide bonds. The first kappa shape index (κ1) is 16.8. The molecule has 122 valence electrons. The van der Waals surface area contributed by atoms with Gasteiger partial charge >= 0.3 is 0 Å². The molecule has 24 heavy (non-hydrogen) atoms. The molecular formula is C17H12Cl2N2O2S. The lowest BCUT2D eigenvalue weighted by Crippen LogP contribution is -2.07. The van der Waals surface area contributed by atoms with Gasteiger partial charge in [0.25, 0.3) is 0 Å². The number of methoxy groups -OCH3 is 1. The number of ether oxygens (including phenoxy) is 1. The fourth-order valence-corrected chi connectivity index (χ4v) is 3.61. The lowest BCUT2D eigenvalue weighted by Gasteiger charge is -2.07. The molecule has 1 aromatic heterocycles. The number of benzene rings is 2. The second-order valence-corrected chi connectivity index (χ2v) is 6.69.